The van der Waals surface area contributed by atoms with Gasteiger partial charge in [0.05, 0.1) is 0 Å². The molecule has 0 saturated carbocycles. The molecule has 0 fully saturated rings. The molecule has 0 aromatic rings. The average Bonchev–Trinajstić information content (AvgIpc) is 1.77. The van der Waals surface area contributed by atoms with Crippen molar-refractivity contribution in [2.45, 2.75) is 12.2 Å². The van der Waals surface area contributed by atoms with Crippen LogP contribution in [-0.2, 0) is 0 Å². The smallest absolute Gasteiger partial charge is 0.214 e. The molecule has 0 spiro atoms. The Balaban J connectivity index is 2.83. The Hall–Kier alpha value is -0.700. The van der Waals surface area contributed by atoms with Gasteiger partial charge in [0.25, 0.3) is 0 Å². The zero-order chi connectivity index (χ0) is 6.91. The summed E-state index contributed by atoms with van der Waals surface area (Å²) in [5, 5.41) is 0. The molecule has 0 radical (unpaired) electrons. The van der Waals surface area contributed by atoms with E-state index in [1.54, 1.807) is 0 Å². The highest BCUT2D eigenvalue weighted by molar-refractivity contribution is 5.21. The van der Waals surface area contributed by atoms with Crippen LogP contribution < -0.4 is 5.73 Å². The predicted molar refractivity (Wildman–Crippen MR) is 31.0 cm³/mol. The molecule has 1 atom stereocenters. The van der Waals surface area contributed by atoms with E-state index in [1.165, 1.54) is 12.2 Å². The molecule has 9 heavy (non-hydrogen) atoms. The second-order valence-corrected chi connectivity index (χ2v) is 2.01. The van der Waals surface area contributed by atoms with Crippen molar-refractivity contribution < 1.29 is 8.78 Å². The molecule has 0 bridgehead atoms. The summed E-state index contributed by atoms with van der Waals surface area (Å²) in [7, 11) is 0. The van der Waals surface area contributed by atoms with Gasteiger partial charge < -0.3 is 0 Å². The predicted octanol–water partition coefficient (Wildman–Crippen LogP) is 1.42. The van der Waals surface area contributed by atoms with Crippen molar-refractivity contribution in [1.82, 2.24) is 0 Å². The third kappa shape index (κ3) is 1.16. The summed E-state index contributed by atoms with van der Waals surface area (Å²) < 4.78 is 24.8. The Morgan fingerprint density at radius 1 is 1.67 bits per heavy atom. The highest BCUT2D eigenvalue weighted by Crippen LogP contribution is 2.24. The van der Waals surface area contributed by atoms with Crippen molar-refractivity contribution in [1.29, 1.82) is 0 Å². The summed E-state index contributed by atoms with van der Waals surface area (Å²) in [5.74, 6) is -3.15. The Labute approximate surface area is 51.8 Å². The molecule has 3 heteroatoms. The standard InChI is InChI=1S/C6H7F2N/c7-5-3-1-2-4-6(5,8)9/h1-3H,4,9H2. The first-order valence-corrected chi connectivity index (χ1v) is 2.63. The Morgan fingerprint density at radius 3 is 2.67 bits per heavy atom. The van der Waals surface area contributed by atoms with Crippen LogP contribution in [0.2, 0.25) is 0 Å². The minimum Gasteiger partial charge on any atom is -0.293 e. The molecule has 0 aromatic heterocycles. The Morgan fingerprint density at radius 2 is 2.33 bits per heavy atom. The van der Waals surface area contributed by atoms with Crippen molar-refractivity contribution in [3.63, 3.8) is 0 Å². The molecule has 1 unspecified atom stereocenters. The number of nitrogens with two attached hydrogens (primary N) is 1. The number of hydrogen-bond donors (Lipinski definition) is 1. The van der Waals surface area contributed by atoms with E-state index in [-0.39, 0.29) is 6.42 Å². The lowest BCUT2D eigenvalue weighted by atomic mass is 10.1. The van der Waals surface area contributed by atoms with Crippen LogP contribution in [0.1, 0.15) is 6.42 Å². The monoisotopic (exact) mass is 131 g/mol. The lowest BCUT2D eigenvalue weighted by molar-refractivity contribution is 0.184. The van der Waals surface area contributed by atoms with Crippen LogP contribution in [0.15, 0.2) is 24.1 Å². The second-order valence-electron chi connectivity index (χ2n) is 2.01. The molecule has 0 aliphatic heterocycles. The molecule has 0 saturated heterocycles. The van der Waals surface area contributed by atoms with Crippen molar-refractivity contribution >= 4 is 0 Å². The largest absolute Gasteiger partial charge is 0.293 e. The van der Waals surface area contributed by atoms with E-state index >= 15 is 0 Å². The molecular formula is C6H7F2N. The van der Waals surface area contributed by atoms with E-state index in [1.807, 2.05) is 0 Å². The number of rotatable bonds is 0. The molecule has 0 amide bonds. The van der Waals surface area contributed by atoms with Gasteiger partial charge in [-0.05, 0) is 6.08 Å². The topological polar surface area (TPSA) is 26.0 Å². The summed E-state index contributed by atoms with van der Waals surface area (Å²) in [6.07, 6.45) is 3.89. The van der Waals surface area contributed by atoms with Gasteiger partial charge in [-0.25, -0.2) is 8.78 Å². The number of hydrogen-bond acceptors (Lipinski definition) is 1. The van der Waals surface area contributed by atoms with Crippen molar-refractivity contribution in [2.75, 3.05) is 0 Å². The van der Waals surface area contributed by atoms with Gasteiger partial charge in [-0.3, -0.25) is 5.73 Å². The first kappa shape index (κ1) is 6.42. The van der Waals surface area contributed by atoms with E-state index in [0.29, 0.717) is 0 Å². The highest BCUT2D eigenvalue weighted by Gasteiger charge is 2.29. The fourth-order valence-electron chi connectivity index (χ4n) is 0.628. The number of allylic oxidation sites excluding steroid dienone is 2. The SMILES string of the molecule is NC1(F)CC=CC=C1F. The van der Waals surface area contributed by atoms with Gasteiger partial charge in [-0.15, -0.1) is 0 Å². The average molecular weight is 131 g/mol. The summed E-state index contributed by atoms with van der Waals surface area (Å²) in [4.78, 5) is 0. The van der Waals surface area contributed by atoms with Crippen LogP contribution in [0, 0.1) is 0 Å². The highest BCUT2D eigenvalue weighted by atomic mass is 19.2. The normalized spacial score (nSPS) is 34.3. The maximum Gasteiger partial charge on any atom is 0.214 e. The maximum absolute atomic E-state index is 12.5. The first-order valence-electron chi connectivity index (χ1n) is 2.63. The Kier molecular flexibility index (Phi) is 1.37. The summed E-state index contributed by atoms with van der Waals surface area (Å²) in [6.45, 7) is 0. The van der Waals surface area contributed by atoms with E-state index in [2.05, 4.69) is 0 Å². The van der Waals surface area contributed by atoms with Gasteiger partial charge in [0.1, 0.15) is 0 Å². The van der Waals surface area contributed by atoms with E-state index in [9.17, 15) is 8.78 Å². The number of halogens is 2. The molecule has 1 aliphatic carbocycles. The van der Waals surface area contributed by atoms with Crippen LogP contribution in [0.3, 0.4) is 0 Å². The van der Waals surface area contributed by atoms with Gasteiger partial charge in [0, 0.05) is 6.42 Å². The Bertz CT molecular complexity index is 170. The molecule has 0 heterocycles. The minimum absolute atomic E-state index is 0.0741. The third-order valence-electron chi connectivity index (χ3n) is 1.19. The lowest BCUT2D eigenvalue weighted by Crippen LogP contribution is -2.35. The molecule has 2 N–H and O–H groups in total. The van der Waals surface area contributed by atoms with Crippen molar-refractivity contribution in [3.8, 4) is 0 Å². The third-order valence-corrected chi connectivity index (χ3v) is 1.19. The van der Waals surface area contributed by atoms with E-state index < -0.39 is 11.6 Å². The fraction of sp³-hybridized carbons (Fsp3) is 0.333. The first-order chi connectivity index (χ1) is 4.13. The van der Waals surface area contributed by atoms with Crippen molar-refractivity contribution in [3.05, 3.63) is 24.1 Å². The zero-order valence-corrected chi connectivity index (χ0v) is 4.77. The summed E-state index contributed by atoms with van der Waals surface area (Å²) in [6, 6.07) is 0. The quantitative estimate of drug-likeness (QED) is 0.494. The molecule has 1 rings (SSSR count). The molecular weight excluding hydrogens is 124 g/mol. The molecule has 1 nitrogen and oxygen atoms in total. The van der Waals surface area contributed by atoms with Crippen LogP contribution >= 0.6 is 0 Å². The molecule has 0 aromatic carbocycles. The van der Waals surface area contributed by atoms with E-state index in [4.69, 9.17) is 5.73 Å². The fourth-order valence-corrected chi connectivity index (χ4v) is 0.628. The minimum atomic E-state index is -2.26. The molecule has 50 valence electrons. The van der Waals surface area contributed by atoms with Crippen LogP contribution in [-0.4, -0.2) is 5.79 Å². The van der Waals surface area contributed by atoms with Gasteiger partial charge in [-0.2, -0.15) is 0 Å². The number of alkyl halides is 1. The second kappa shape index (κ2) is 1.92. The van der Waals surface area contributed by atoms with E-state index in [0.717, 1.165) is 6.08 Å². The zero-order valence-electron chi connectivity index (χ0n) is 4.77. The summed E-state index contributed by atoms with van der Waals surface area (Å²) >= 11 is 0. The maximum atomic E-state index is 12.5. The van der Waals surface area contributed by atoms with Gasteiger partial charge >= 0.3 is 0 Å². The van der Waals surface area contributed by atoms with Crippen LogP contribution in [0.25, 0.3) is 0 Å². The van der Waals surface area contributed by atoms with Gasteiger partial charge in [0.2, 0.25) is 5.79 Å². The lowest BCUT2D eigenvalue weighted by Gasteiger charge is -2.17. The van der Waals surface area contributed by atoms with Gasteiger partial charge in [-0.1, -0.05) is 12.2 Å². The molecule has 1 aliphatic rings. The summed E-state index contributed by atoms with van der Waals surface area (Å²) in [5.41, 5.74) is 4.86. The van der Waals surface area contributed by atoms with Gasteiger partial charge in [0.15, 0.2) is 5.83 Å². The van der Waals surface area contributed by atoms with Crippen molar-refractivity contribution in [2.24, 2.45) is 5.73 Å². The van der Waals surface area contributed by atoms with Crippen LogP contribution in [0.4, 0.5) is 8.78 Å². The van der Waals surface area contributed by atoms with Crippen LogP contribution in [0.5, 0.6) is 0 Å².